The summed E-state index contributed by atoms with van der Waals surface area (Å²) in [6.45, 7) is 0.732. The highest BCUT2D eigenvalue weighted by molar-refractivity contribution is 5.95. The van der Waals surface area contributed by atoms with Gasteiger partial charge in [-0.15, -0.1) is 0 Å². The third-order valence-corrected chi connectivity index (χ3v) is 3.75. The molecule has 1 unspecified atom stereocenters. The molecular formula is C19H16F6N2O4. The number of urea groups is 1. The lowest BCUT2D eigenvalue weighted by Crippen LogP contribution is -2.69. The lowest BCUT2D eigenvalue weighted by Gasteiger charge is -2.34. The summed E-state index contributed by atoms with van der Waals surface area (Å²) >= 11 is 0. The zero-order valence-corrected chi connectivity index (χ0v) is 15.8. The highest BCUT2D eigenvalue weighted by Gasteiger charge is 2.66. The Bertz CT molecular complexity index is 918. The Balaban J connectivity index is 2.43. The van der Waals surface area contributed by atoms with Crippen molar-refractivity contribution in [3.05, 3.63) is 60.2 Å². The van der Waals surface area contributed by atoms with Gasteiger partial charge in [0.25, 0.3) is 0 Å². The fourth-order valence-corrected chi connectivity index (χ4v) is 2.41. The number of carbonyl (C=O) groups excluding carboxylic acids is 2. The lowest BCUT2D eigenvalue weighted by molar-refractivity contribution is -0.259. The number of carbonyl (C=O) groups is 2. The molecule has 168 valence electrons. The average Bonchev–Trinajstić information content (AvgIpc) is 2.67. The first-order valence-corrected chi connectivity index (χ1v) is 8.64. The highest BCUT2D eigenvalue weighted by atomic mass is 19.4. The van der Waals surface area contributed by atoms with Gasteiger partial charge in [0.1, 0.15) is 5.75 Å². The van der Waals surface area contributed by atoms with Crippen molar-refractivity contribution >= 4 is 17.7 Å². The molecule has 6 nitrogen and oxygen atoms in total. The van der Waals surface area contributed by atoms with Crippen molar-refractivity contribution in [1.82, 2.24) is 5.32 Å². The Labute approximate surface area is 172 Å². The van der Waals surface area contributed by atoms with Crippen LogP contribution in [-0.4, -0.2) is 30.5 Å². The van der Waals surface area contributed by atoms with Crippen LogP contribution in [0.5, 0.6) is 5.75 Å². The van der Waals surface area contributed by atoms with Crippen molar-refractivity contribution in [3.8, 4) is 5.75 Å². The molecular weight excluding hydrogens is 434 g/mol. The summed E-state index contributed by atoms with van der Waals surface area (Å²) in [5.74, 6) is -2.46. The summed E-state index contributed by atoms with van der Waals surface area (Å²) in [5.41, 5.74) is -6.16. The standard InChI is InChI=1S/C19H16F6N2O4/c1-2-30-15(28)17(19(23,24)25,31-12-8-4-3-5-9-12)27-16(29)26-14-11-7-6-10-13(14)18(20,21)22/h3-11H,2H2,1H3,(H2,26,27,29). The van der Waals surface area contributed by atoms with Gasteiger partial charge < -0.3 is 14.8 Å². The number of hydrogen-bond acceptors (Lipinski definition) is 4. The quantitative estimate of drug-likeness (QED) is 0.379. The number of para-hydroxylation sites is 2. The maximum atomic E-state index is 14.0. The van der Waals surface area contributed by atoms with E-state index in [0.717, 1.165) is 30.3 Å². The van der Waals surface area contributed by atoms with Crippen LogP contribution in [0, 0.1) is 0 Å². The molecule has 0 saturated carbocycles. The number of ether oxygens (including phenoxy) is 2. The van der Waals surface area contributed by atoms with Crippen LogP contribution in [0.4, 0.5) is 36.8 Å². The van der Waals surface area contributed by atoms with E-state index in [0.29, 0.717) is 6.07 Å². The summed E-state index contributed by atoms with van der Waals surface area (Å²) in [6.07, 6.45) is -10.4. The third-order valence-electron chi connectivity index (χ3n) is 3.75. The van der Waals surface area contributed by atoms with Crippen LogP contribution < -0.4 is 15.4 Å². The van der Waals surface area contributed by atoms with Crippen molar-refractivity contribution < 1.29 is 45.4 Å². The molecule has 0 aromatic heterocycles. The number of rotatable bonds is 6. The SMILES string of the molecule is CCOC(=O)C(NC(=O)Nc1ccccc1C(F)(F)F)(Oc1ccccc1)C(F)(F)F. The van der Waals surface area contributed by atoms with Gasteiger partial charge in [-0.25, -0.2) is 9.59 Å². The Morgan fingerprint density at radius 2 is 1.48 bits per heavy atom. The molecule has 0 radical (unpaired) electrons. The minimum Gasteiger partial charge on any atom is -0.461 e. The first-order valence-electron chi connectivity index (χ1n) is 8.64. The van der Waals surface area contributed by atoms with Crippen molar-refractivity contribution in [2.24, 2.45) is 0 Å². The number of benzene rings is 2. The zero-order chi connectivity index (χ0) is 23.3. The summed E-state index contributed by atoms with van der Waals surface area (Å²) < 4.78 is 90.4. The van der Waals surface area contributed by atoms with Crippen LogP contribution >= 0.6 is 0 Å². The summed E-state index contributed by atoms with van der Waals surface area (Å²) in [5, 5.41) is 2.96. The molecule has 0 aliphatic carbocycles. The van der Waals surface area contributed by atoms with Crippen molar-refractivity contribution in [1.29, 1.82) is 0 Å². The normalized spacial score (nSPS) is 13.6. The molecule has 12 heteroatoms. The molecule has 0 aliphatic heterocycles. The van der Waals surface area contributed by atoms with Gasteiger partial charge in [0.2, 0.25) is 0 Å². The Kier molecular flexibility index (Phi) is 7.03. The number of esters is 1. The van der Waals surface area contributed by atoms with E-state index in [1.807, 2.05) is 0 Å². The number of amides is 2. The molecule has 0 fully saturated rings. The first-order chi connectivity index (χ1) is 14.4. The Hall–Kier alpha value is -3.44. The number of alkyl halides is 6. The topological polar surface area (TPSA) is 76.7 Å². The number of anilines is 1. The lowest BCUT2D eigenvalue weighted by atomic mass is 10.1. The van der Waals surface area contributed by atoms with E-state index < -0.39 is 53.7 Å². The fourth-order valence-electron chi connectivity index (χ4n) is 2.41. The fraction of sp³-hybridized carbons (Fsp3) is 0.263. The predicted molar refractivity (Wildman–Crippen MR) is 96.1 cm³/mol. The maximum Gasteiger partial charge on any atom is 0.460 e. The Morgan fingerprint density at radius 1 is 0.903 bits per heavy atom. The molecule has 2 aromatic rings. The monoisotopic (exact) mass is 450 g/mol. The minimum absolute atomic E-state index is 0.455. The van der Waals surface area contributed by atoms with E-state index in [1.54, 1.807) is 5.32 Å². The largest absolute Gasteiger partial charge is 0.461 e. The highest BCUT2D eigenvalue weighted by Crippen LogP contribution is 2.36. The average molecular weight is 450 g/mol. The van der Waals surface area contributed by atoms with Gasteiger partial charge in [-0.3, -0.25) is 5.32 Å². The molecule has 0 saturated heterocycles. The molecule has 1 atom stereocenters. The van der Waals surface area contributed by atoms with E-state index in [-0.39, 0.29) is 0 Å². The van der Waals surface area contributed by atoms with Crippen LogP contribution in [0.3, 0.4) is 0 Å². The summed E-state index contributed by atoms with van der Waals surface area (Å²) in [6, 6.07) is 8.08. The van der Waals surface area contributed by atoms with E-state index in [1.165, 1.54) is 30.4 Å². The number of nitrogens with one attached hydrogen (secondary N) is 2. The molecule has 31 heavy (non-hydrogen) atoms. The summed E-state index contributed by atoms with van der Waals surface area (Å²) in [7, 11) is 0. The van der Waals surface area contributed by atoms with Crippen LogP contribution in [0.25, 0.3) is 0 Å². The van der Waals surface area contributed by atoms with E-state index >= 15 is 0 Å². The van der Waals surface area contributed by atoms with Gasteiger partial charge in [-0.1, -0.05) is 30.3 Å². The molecule has 0 aliphatic rings. The van der Waals surface area contributed by atoms with Gasteiger partial charge >= 0.3 is 30.1 Å². The van der Waals surface area contributed by atoms with Crippen LogP contribution in [-0.2, 0) is 15.7 Å². The van der Waals surface area contributed by atoms with Crippen molar-refractivity contribution in [3.63, 3.8) is 0 Å². The second-order valence-corrected chi connectivity index (χ2v) is 5.94. The molecule has 0 heterocycles. The zero-order valence-electron chi connectivity index (χ0n) is 15.8. The molecule has 2 aromatic carbocycles. The van der Waals surface area contributed by atoms with Gasteiger partial charge in [0.15, 0.2) is 0 Å². The van der Waals surface area contributed by atoms with Crippen molar-refractivity contribution in [2.45, 2.75) is 25.0 Å². The maximum absolute atomic E-state index is 14.0. The van der Waals surface area contributed by atoms with Gasteiger partial charge in [0, 0.05) is 0 Å². The predicted octanol–water partition coefficient (Wildman–Crippen LogP) is 4.73. The molecule has 0 spiro atoms. The van der Waals surface area contributed by atoms with E-state index in [2.05, 4.69) is 4.74 Å². The van der Waals surface area contributed by atoms with E-state index in [9.17, 15) is 35.9 Å². The number of halogens is 6. The van der Waals surface area contributed by atoms with Gasteiger partial charge in [-0.2, -0.15) is 26.3 Å². The van der Waals surface area contributed by atoms with Crippen molar-refractivity contribution in [2.75, 3.05) is 11.9 Å². The number of hydrogen-bond donors (Lipinski definition) is 2. The second kappa shape index (κ2) is 9.14. The van der Waals surface area contributed by atoms with Gasteiger partial charge in [-0.05, 0) is 31.2 Å². The van der Waals surface area contributed by atoms with E-state index in [4.69, 9.17) is 4.74 Å². The second-order valence-electron chi connectivity index (χ2n) is 5.94. The van der Waals surface area contributed by atoms with Crippen LogP contribution in [0.2, 0.25) is 0 Å². The van der Waals surface area contributed by atoms with Crippen LogP contribution in [0.15, 0.2) is 54.6 Å². The molecule has 2 amide bonds. The smallest absolute Gasteiger partial charge is 0.460 e. The van der Waals surface area contributed by atoms with Gasteiger partial charge in [0.05, 0.1) is 17.9 Å². The molecule has 2 N–H and O–H groups in total. The molecule has 2 rings (SSSR count). The minimum atomic E-state index is -5.55. The Morgan fingerprint density at radius 3 is 2.03 bits per heavy atom. The summed E-state index contributed by atoms with van der Waals surface area (Å²) in [4.78, 5) is 24.5. The van der Waals surface area contributed by atoms with Crippen LogP contribution in [0.1, 0.15) is 12.5 Å². The molecule has 0 bridgehead atoms. The first kappa shape index (κ1) is 23.8. The third kappa shape index (κ3) is 5.58.